The maximum absolute atomic E-state index is 13.7. The van der Waals surface area contributed by atoms with Crippen LogP contribution in [-0.4, -0.2) is 26.8 Å². The molecular formula is C26H19FN4O3. The number of nitrogens with one attached hydrogen (secondary N) is 2. The first-order valence-electron chi connectivity index (χ1n) is 10.6. The standard InChI is InChI=1S/C26H19FN4O3/c1-15-23(24(31-34-15)16-5-4-6-18(27)11-16)25(32)21-14-29-22-12-17(8-9-20(21)22)26(33)30-13-19-7-2-3-10-28-19/h2-12,14,29H,13H2,1H3,(H,30,33). The lowest BCUT2D eigenvalue weighted by atomic mass is 9.97. The second-order valence-corrected chi connectivity index (χ2v) is 7.77. The predicted octanol–water partition coefficient (Wildman–Crippen LogP) is 4.83. The highest BCUT2D eigenvalue weighted by Crippen LogP contribution is 2.30. The summed E-state index contributed by atoms with van der Waals surface area (Å²) in [5, 5.41) is 7.48. The average Bonchev–Trinajstić information content (AvgIpc) is 3.46. The quantitative estimate of drug-likeness (QED) is 0.358. The summed E-state index contributed by atoms with van der Waals surface area (Å²) < 4.78 is 19.0. The van der Waals surface area contributed by atoms with Crippen molar-refractivity contribution in [2.45, 2.75) is 13.5 Å². The molecule has 2 N–H and O–H groups in total. The van der Waals surface area contributed by atoms with Gasteiger partial charge in [0.25, 0.3) is 5.91 Å². The van der Waals surface area contributed by atoms with Gasteiger partial charge in [-0.25, -0.2) is 4.39 Å². The molecule has 0 bridgehead atoms. The van der Waals surface area contributed by atoms with Gasteiger partial charge in [0, 0.05) is 40.0 Å². The number of fused-ring (bicyclic) bond motifs is 1. The van der Waals surface area contributed by atoms with E-state index in [1.165, 1.54) is 12.1 Å². The minimum Gasteiger partial charge on any atom is -0.360 e. The summed E-state index contributed by atoms with van der Waals surface area (Å²) in [4.78, 5) is 33.3. The first-order chi connectivity index (χ1) is 16.5. The van der Waals surface area contributed by atoms with Crippen LogP contribution in [0.25, 0.3) is 22.2 Å². The minimum atomic E-state index is -0.433. The molecule has 7 nitrogen and oxygen atoms in total. The largest absolute Gasteiger partial charge is 0.360 e. The summed E-state index contributed by atoms with van der Waals surface area (Å²) in [5.41, 5.74) is 3.24. The zero-order chi connectivity index (χ0) is 23.7. The number of carbonyl (C=O) groups excluding carboxylic acids is 2. The molecule has 34 heavy (non-hydrogen) atoms. The van der Waals surface area contributed by atoms with Crippen LogP contribution >= 0.6 is 0 Å². The van der Waals surface area contributed by atoms with Crippen molar-refractivity contribution in [2.75, 3.05) is 0 Å². The molecule has 5 rings (SSSR count). The van der Waals surface area contributed by atoms with Crippen LogP contribution in [0.15, 0.2) is 77.6 Å². The van der Waals surface area contributed by atoms with E-state index in [2.05, 4.69) is 20.4 Å². The van der Waals surface area contributed by atoms with Crippen LogP contribution < -0.4 is 5.32 Å². The highest BCUT2D eigenvalue weighted by Gasteiger charge is 2.25. The van der Waals surface area contributed by atoms with E-state index in [1.807, 2.05) is 18.2 Å². The summed E-state index contributed by atoms with van der Waals surface area (Å²) in [5.74, 6) is -0.656. The van der Waals surface area contributed by atoms with E-state index < -0.39 is 5.82 Å². The second-order valence-electron chi connectivity index (χ2n) is 7.77. The van der Waals surface area contributed by atoms with Gasteiger partial charge in [-0.2, -0.15) is 0 Å². The minimum absolute atomic E-state index is 0.252. The summed E-state index contributed by atoms with van der Waals surface area (Å²) >= 11 is 0. The third-order valence-electron chi connectivity index (χ3n) is 5.53. The van der Waals surface area contributed by atoms with E-state index >= 15 is 0 Å². The number of amides is 1. The number of aromatic amines is 1. The molecule has 0 atom stereocenters. The number of halogens is 1. The molecule has 1 amide bonds. The Morgan fingerprint density at radius 2 is 1.97 bits per heavy atom. The Kier molecular flexibility index (Phi) is 5.47. The van der Waals surface area contributed by atoms with Gasteiger partial charge < -0.3 is 14.8 Å². The van der Waals surface area contributed by atoms with Gasteiger partial charge in [-0.05, 0) is 43.3 Å². The average molecular weight is 454 g/mol. The first-order valence-corrected chi connectivity index (χ1v) is 10.6. The van der Waals surface area contributed by atoms with Crippen molar-refractivity contribution in [3.05, 3.63) is 107 Å². The molecule has 3 aromatic heterocycles. The third kappa shape index (κ3) is 3.97. The van der Waals surface area contributed by atoms with Crippen LogP contribution in [-0.2, 0) is 6.54 Å². The fourth-order valence-corrected chi connectivity index (χ4v) is 3.84. The Bertz CT molecular complexity index is 1520. The van der Waals surface area contributed by atoms with Gasteiger partial charge in [-0.1, -0.05) is 29.4 Å². The smallest absolute Gasteiger partial charge is 0.251 e. The van der Waals surface area contributed by atoms with Crippen LogP contribution in [0.2, 0.25) is 0 Å². The number of aryl methyl sites for hydroxylation is 1. The van der Waals surface area contributed by atoms with Crippen molar-refractivity contribution < 1.29 is 18.5 Å². The maximum atomic E-state index is 13.7. The number of rotatable bonds is 6. The highest BCUT2D eigenvalue weighted by molar-refractivity contribution is 6.19. The zero-order valence-electron chi connectivity index (χ0n) is 18.1. The molecule has 0 aliphatic carbocycles. The van der Waals surface area contributed by atoms with Gasteiger partial charge in [-0.15, -0.1) is 0 Å². The number of ketones is 1. The van der Waals surface area contributed by atoms with E-state index in [0.717, 1.165) is 5.69 Å². The third-order valence-corrected chi connectivity index (χ3v) is 5.53. The SMILES string of the molecule is Cc1onc(-c2cccc(F)c2)c1C(=O)c1c[nH]c2cc(C(=O)NCc3ccccn3)ccc12. The molecule has 3 heterocycles. The van der Waals surface area contributed by atoms with Crippen LogP contribution in [0.3, 0.4) is 0 Å². The Labute approximate surface area is 193 Å². The molecule has 2 aromatic carbocycles. The number of hydrogen-bond donors (Lipinski definition) is 2. The number of H-pyrrole nitrogens is 1. The van der Waals surface area contributed by atoms with Crippen LogP contribution in [0, 0.1) is 12.7 Å². The van der Waals surface area contributed by atoms with E-state index in [4.69, 9.17) is 4.52 Å². The molecular weight excluding hydrogens is 435 g/mol. The van der Waals surface area contributed by atoms with Crippen molar-refractivity contribution in [3.63, 3.8) is 0 Å². The Morgan fingerprint density at radius 1 is 1.09 bits per heavy atom. The van der Waals surface area contributed by atoms with Gasteiger partial charge in [0.15, 0.2) is 0 Å². The topological polar surface area (TPSA) is 101 Å². The molecule has 0 spiro atoms. The fourth-order valence-electron chi connectivity index (χ4n) is 3.84. The number of carbonyl (C=O) groups is 2. The number of hydrogen-bond acceptors (Lipinski definition) is 5. The highest BCUT2D eigenvalue weighted by atomic mass is 19.1. The molecule has 0 radical (unpaired) electrons. The lowest BCUT2D eigenvalue weighted by molar-refractivity contribution is 0.0950. The second kappa shape index (κ2) is 8.74. The summed E-state index contributed by atoms with van der Waals surface area (Å²) in [6, 6.07) is 16.4. The molecule has 0 aliphatic heterocycles. The first kappa shape index (κ1) is 21.3. The van der Waals surface area contributed by atoms with Crippen molar-refractivity contribution in [1.29, 1.82) is 0 Å². The predicted molar refractivity (Wildman–Crippen MR) is 124 cm³/mol. The molecule has 0 unspecified atom stereocenters. The number of nitrogens with zero attached hydrogens (tertiary/aromatic N) is 2. The van der Waals surface area contributed by atoms with Crippen LogP contribution in [0.5, 0.6) is 0 Å². The van der Waals surface area contributed by atoms with E-state index in [0.29, 0.717) is 39.9 Å². The molecule has 0 aliphatic rings. The molecule has 5 aromatic rings. The fraction of sp³-hybridized carbons (Fsp3) is 0.0769. The van der Waals surface area contributed by atoms with Gasteiger partial charge in [-0.3, -0.25) is 14.6 Å². The Morgan fingerprint density at radius 3 is 2.76 bits per heavy atom. The van der Waals surface area contributed by atoms with E-state index in [-0.39, 0.29) is 22.9 Å². The maximum Gasteiger partial charge on any atom is 0.251 e. The van der Waals surface area contributed by atoms with Gasteiger partial charge in [0.1, 0.15) is 17.3 Å². The van der Waals surface area contributed by atoms with Crippen molar-refractivity contribution in [3.8, 4) is 11.3 Å². The lowest BCUT2D eigenvalue weighted by Gasteiger charge is -2.06. The normalized spacial score (nSPS) is 11.0. The molecule has 0 saturated carbocycles. The molecule has 8 heteroatoms. The van der Waals surface area contributed by atoms with Crippen LogP contribution in [0.4, 0.5) is 4.39 Å². The summed E-state index contributed by atoms with van der Waals surface area (Å²) in [6.07, 6.45) is 3.26. The van der Waals surface area contributed by atoms with E-state index in [9.17, 15) is 14.0 Å². The van der Waals surface area contributed by atoms with Gasteiger partial charge in [0.05, 0.1) is 17.8 Å². The Balaban J connectivity index is 1.43. The molecule has 0 fully saturated rings. The van der Waals surface area contributed by atoms with Crippen LogP contribution in [0.1, 0.15) is 37.7 Å². The Hall–Kier alpha value is -4.59. The number of pyridine rings is 1. The number of aromatic nitrogens is 3. The molecule has 168 valence electrons. The van der Waals surface area contributed by atoms with Crippen molar-refractivity contribution >= 4 is 22.6 Å². The summed E-state index contributed by atoms with van der Waals surface area (Å²) in [7, 11) is 0. The van der Waals surface area contributed by atoms with Crippen molar-refractivity contribution in [1.82, 2.24) is 20.4 Å². The summed E-state index contributed by atoms with van der Waals surface area (Å²) in [6.45, 7) is 1.95. The lowest BCUT2D eigenvalue weighted by Crippen LogP contribution is -2.23. The van der Waals surface area contributed by atoms with E-state index in [1.54, 1.807) is 49.6 Å². The monoisotopic (exact) mass is 454 g/mol. The van der Waals surface area contributed by atoms with Gasteiger partial charge in [0.2, 0.25) is 5.78 Å². The number of benzene rings is 2. The van der Waals surface area contributed by atoms with Crippen molar-refractivity contribution in [2.24, 2.45) is 0 Å². The zero-order valence-corrected chi connectivity index (χ0v) is 18.1. The van der Waals surface area contributed by atoms with Gasteiger partial charge >= 0.3 is 0 Å². The molecule has 0 saturated heterocycles.